The third-order valence-corrected chi connectivity index (χ3v) is 10.8. The van der Waals surface area contributed by atoms with E-state index >= 15 is 0 Å². The van der Waals surface area contributed by atoms with Crippen LogP contribution in [-0.2, 0) is 29.7 Å². The molecular weight excluding hydrogens is 597 g/mol. The van der Waals surface area contributed by atoms with Gasteiger partial charge in [-0.3, -0.25) is 0 Å². The number of hydrogen-bond acceptors (Lipinski definition) is 9. The van der Waals surface area contributed by atoms with Crippen LogP contribution >= 0.6 is 19.3 Å². The predicted octanol–water partition coefficient (Wildman–Crippen LogP) is 9.09. The van der Waals surface area contributed by atoms with Crippen molar-refractivity contribution in [1.82, 2.24) is 10.0 Å². The number of carbonyl (C=O) groups is 1. The third-order valence-electron chi connectivity index (χ3n) is 6.95. The number of aryl methyl sites for hydroxylation is 2. The number of carbonyl (C=O) groups excluding carboxylic acids is 1. The van der Waals surface area contributed by atoms with E-state index in [1.807, 2.05) is 27.7 Å². The number of benzene rings is 2. The molecular formula is C33H50N3O6PS. The summed E-state index contributed by atoms with van der Waals surface area (Å²) in [5.41, 5.74) is 3.30. The van der Waals surface area contributed by atoms with Gasteiger partial charge in [-0.25, -0.2) is 0 Å². The first kappa shape index (κ1) is 34.4. The predicted molar refractivity (Wildman–Crippen MR) is 178 cm³/mol. The van der Waals surface area contributed by atoms with Crippen molar-refractivity contribution in [2.75, 3.05) is 0 Å². The minimum absolute atomic E-state index is 0.142. The number of nitrogens with zero attached hydrogens (tertiary/aromatic N) is 2. The van der Waals surface area contributed by atoms with Crippen LogP contribution in [0.2, 0.25) is 0 Å². The Bertz CT molecular complexity index is 1400. The van der Waals surface area contributed by atoms with Crippen molar-refractivity contribution >= 4 is 31.3 Å². The Labute approximate surface area is 267 Å². The van der Waals surface area contributed by atoms with Crippen molar-refractivity contribution in [3.8, 4) is 11.5 Å². The summed E-state index contributed by atoms with van der Waals surface area (Å²) in [7, 11) is -5.22. The molecule has 9 nitrogen and oxygen atoms in total. The van der Waals surface area contributed by atoms with E-state index in [1.54, 1.807) is 25.6 Å². The average molecular weight is 648 g/mol. The van der Waals surface area contributed by atoms with Gasteiger partial charge in [-0.05, 0) is 0 Å². The Morgan fingerprint density at radius 3 is 1.68 bits per heavy atom. The molecule has 0 unspecified atom stereocenters. The molecule has 2 heterocycles. The molecule has 4 rings (SSSR count). The summed E-state index contributed by atoms with van der Waals surface area (Å²) in [5, 5.41) is 7.73. The van der Waals surface area contributed by atoms with E-state index in [0.29, 0.717) is 11.5 Å². The van der Waals surface area contributed by atoms with E-state index in [9.17, 15) is 4.79 Å². The molecule has 244 valence electrons. The summed E-state index contributed by atoms with van der Waals surface area (Å²) in [4.78, 5) is 22.1. The Morgan fingerprint density at radius 2 is 1.30 bits per heavy atom. The molecule has 0 saturated carbocycles. The molecule has 0 fully saturated rings. The van der Waals surface area contributed by atoms with Gasteiger partial charge in [0, 0.05) is 0 Å². The van der Waals surface area contributed by atoms with E-state index in [1.165, 1.54) is 4.78 Å². The van der Waals surface area contributed by atoms with Crippen molar-refractivity contribution in [3.63, 3.8) is 0 Å². The van der Waals surface area contributed by atoms with E-state index in [4.69, 9.17) is 23.1 Å². The van der Waals surface area contributed by atoms with Crippen molar-refractivity contribution in [2.45, 2.75) is 130 Å². The fourth-order valence-electron chi connectivity index (χ4n) is 4.84. The van der Waals surface area contributed by atoms with E-state index in [-0.39, 0.29) is 35.0 Å². The van der Waals surface area contributed by atoms with Crippen LogP contribution in [0.3, 0.4) is 0 Å². The Morgan fingerprint density at radius 1 is 0.818 bits per heavy atom. The van der Waals surface area contributed by atoms with Gasteiger partial charge >= 0.3 is 268 Å². The quantitative estimate of drug-likeness (QED) is 0.254. The van der Waals surface area contributed by atoms with Gasteiger partial charge in [0.25, 0.3) is 0 Å². The summed E-state index contributed by atoms with van der Waals surface area (Å²) in [6.45, 7) is 27.9. The van der Waals surface area contributed by atoms with Gasteiger partial charge in [0.1, 0.15) is 0 Å². The van der Waals surface area contributed by atoms with Crippen LogP contribution in [0.15, 0.2) is 39.2 Å². The van der Waals surface area contributed by atoms with Crippen LogP contribution in [0.4, 0.5) is 0 Å². The molecule has 0 atom stereocenters. The topological polar surface area (TPSA) is 90.9 Å². The normalized spacial score (nSPS) is 18.3. The van der Waals surface area contributed by atoms with Gasteiger partial charge in [-0.15, -0.1) is 0 Å². The van der Waals surface area contributed by atoms with Crippen molar-refractivity contribution in [3.05, 3.63) is 46.5 Å². The summed E-state index contributed by atoms with van der Waals surface area (Å²) in [6.07, 6.45) is -0.788. The molecule has 1 amide bonds. The molecule has 1 N–H and O–H groups in total. The van der Waals surface area contributed by atoms with Gasteiger partial charge in [0.15, 0.2) is 0 Å². The standard InChI is InChI=1S/C33H50N3O6PS/c1-19(2)30(37)36-34-31(38-20(3)4)42-43(36,35-39-21(5)6)40-28-24(32(9,10)11)15-22(7)17-26(28)44-27-18-23(8)16-25(29(27)41-43)33(12,13)14/h15-21,35H,1-14H3. The fourth-order valence-corrected chi connectivity index (χ4v) is 9.29. The van der Waals surface area contributed by atoms with E-state index < -0.39 is 13.5 Å². The van der Waals surface area contributed by atoms with Gasteiger partial charge in [0.2, 0.25) is 0 Å². The Hall–Kier alpha value is -2.52. The van der Waals surface area contributed by atoms with Crippen LogP contribution in [-0.4, -0.2) is 29.0 Å². The van der Waals surface area contributed by atoms with Crippen molar-refractivity contribution in [2.24, 2.45) is 11.0 Å². The molecule has 2 aromatic carbocycles. The molecule has 0 radical (unpaired) electrons. The second kappa shape index (κ2) is 11.7. The van der Waals surface area contributed by atoms with E-state index in [0.717, 1.165) is 32.0 Å². The maximum atomic E-state index is 14.2. The van der Waals surface area contributed by atoms with Crippen LogP contribution in [0.25, 0.3) is 0 Å². The molecule has 2 aromatic rings. The molecule has 0 bridgehead atoms. The zero-order chi connectivity index (χ0) is 33.0. The Kier molecular flexibility index (Phi) is 9.12. The average Bonchev–Trinajstić information content (AvgIpc) is 3.16. The molecule has 2 aliphatic rings. The first-order valence-electron chi connectivity index (χ1n) is 15.3. The van der Waals surface area contributed by atoms with Crippen LogP contribution in [0, 0.1) is 19.8 Å². The third kappa shape index (κ3) is 6.55. The van der Waals surface area contributed by atoms with Gasteiger partial charge in [-0.1, -0.05) is 0 Å². The molecule has 11 heteroatoms. The maximum absolute atomic E-state index is 14.2. The zero-order valence-corrected chi connectivity index (χ0v) is 30.5. The van der Waals surface area contributed by atoms with Gasteiger partial charge < -0.3 is 0 Å². The van der Waals surface area contributed by atoms with Gasteiger partial charge in [-0.2, -0.15) is 0 Å². The number of nitrogens with one attached hydrogen (secondary N) is 1. The zero-order valence-electron chi connectivity index (χ0n) is 28.7. The molecule has 2 aliphatic heterocycles. The summed E-state index contributed by atoms with van der Waals surface area (Å²) < 4.78 is 28.4. The van der Waals surface area contributed by atoms with Crippen LogP contribution in [0.1, 0.15) is 105 Å². The summed E-state index contributed by atoms with van der Waals surface area (Å²) in [5.74, 6) is 0.178. The van der Waals surface area contributed by atoms with Crippen LogP contribution in [0.5, 0.6) is 11.5 Å². The number of hydrogen-bond donors (Lipinski definition) is 1. The van der Waals surface area contributed by atoms with Crippen LogP contribution < -0.4 is 14.3 Å². The monoisotopic (exact) mass is 647 g/mol. The number of amides is 1. The molecule has 44 heavy (non-hydrogen) atoms. The van der Waals surface area contributed by atoms with E-state index in [2.05, 4.69) is 90.0 Å². The first-order valence-corrected chi connectivity index (χ1v) is 18.0. The second-order valence-electron chi connectivity index (χ2n) is 14.6. The number of fused-ring (bicyclic) bond motifs is 2. The second-order valence-corrected chi connectivity index (χ2v) is 18.4. The minimum atomic E-state index is -5.22. The fraction of sp³-hybridized carbons (Fsp3) is 0.576. The summed E-state index contributed by atoms with van der Waals surface area (Å²) in [6, 6.07) is 8.40. The first-order chi connectivity index (χ1) is 20.1. The number of hydrazone groups is 1. The van der Waals surface area contributed by atoms with Crippen molar-refractivity contribution in [1.29, 1.82) is 0 Å². The molecule has 0 aliphatic carbocycles. The van der Waals surface area contributed by atoms with Gasteiger partial charge in [0.05, 0.1) is 0 Å². The molecule has 0 aromatic heterocycles. The molecule has 1 spiro atoms. The number of rotatable bonds is 5. The number of ether oxygens (including phenoxy) is 1. The van der Waals surface area contributed by atoms with Crippen molar-refractivity contribution < 1.29 is 27.9 Å². The Balaban J connectivity index is 2.22. The molecule has 0 saturated heterocycles. The SMILES string of the molecule is Cc1cc2c(c(C(C)(C)C)c1)OP1(NOC(C)C)(OC(OC(C)C)=NN1C(=O)C(C)C)Oc1c(cc(C)cc1C(C)(C)C)S2. The summed E-state index contributed by atoms with van der Waals surface area (Å²) >= 11 is 1.57.